The van der Waals surface area contributed by atoms with Crippen molar-refractivity contribution < 1.29 is 0 Å². The average Bonchev–Trinajstić information content (AvgIpc) is 2.06. The van der Waals surface area contributed by atoms with E-state index in [1.54, 1.807) is 0 Å². The molecule has 0 radical (unpaired) electrons. The van der Waals surface area contributed by atoms with Gasteiger partial charge in [0, 0.05) is 12.1 Å². The van der Waals surface area contributed by atoms with Crippen molar-refractivity contribution in [3.05, 3.63) is 0 Å². The summed E-state index contributed by atoms with van der Waals surface area (Å²) in [6.07, 6.45) is 9.22. The van der Waals surface area contributed by atoms with Gasteiger partial charge in [-0.05, 0) is 32.4 Å². The molecule has 0 aromatic heterocycles. The van der Waals surface area contributed by atoms with Crippen LogP contribution in [0, 0.1) is 5.41 Å². The second-order valence-corrected chi connectivity index (χ2v) is 3.84. The Morgan fingerprint density at radius 3 is 2.67 bits per heavy atom. The number of nitrogens with one attached hydrogen (secondary N) is 2. The summed E-state index contributed by atoms with van der Waals surface area (Å²) in [6, 6.07) is 1.22. The molecule has 1 aliphatic carbocycles. The molecular weight excluding hydrogens is 148 g/mol. The van der Waals surface area contributed by atoms with Gasteiger partial charge in [0.2, 0.25) is 0 Å². The van der Waals surface area contributed by atoms with E-state index in [0.717, 1.165) is 12.5 Å². The van der Waals surface area contributed by atoms with Crippen LogP contribution in [0.3, 0.4) is 0 Å². The summed E-state index contributed by atoms with van der Waals surface area (Å²) in [4.78, 5) is 0. The Hall–Kier alpha value is -0.370. The molecule has 1 saturated carbocycles. The summed E-state index contributed by atoms with van der Waals surface area (Å²) in [6.45, 7) is 2.17. The van der Waals surface area contributed by atoms with Gasteiger partial charge in [0.05, 0.1) is 0 Å². The summed E-state index contributed by atoms with van der Waals surface area (Å²) in [7, 11) is 0. The van der Waals surface area contributed by atoms with E-state index in [0.29, 0.717) is 6.04 Å². The lowest BCUT2D eigenvalue weighted by Gasteiger charge is -2.25. The third-order valence-electron chi connectivity index (χ3n) is 2.60. The molecule has 2 N–H and O–H groups in total. The zero-order valence-corrected chi connectivity index (χ0v) is 7.97. The smallest absolute Gasteiger partial charge is 0.00905 e. The number of hydrogen-bond donors (Lipinski definition) is 2. The van der Waals surface area contributed by atoms with Crippen molar-refractivity contribution in [3.63, 3.8) is 0 Å². The second kappa shape index (κ2) is 5.31. The molecule has 2 nitrogen and oxygen atoms in total. The Morgan fingerprint density at radius 2 is 2.08 bits per heavy atom. The van der Waals surface area contributed by atoms with Gasteiger partial charge in [-0.1, -0.05) is 19.3 Å². The Morgan fingerprint density at radius 1 is 1.42 bits per heavy atom. The van der Waals surface area contributed by atoms with Gasteiger partial charge in [0.25, 0.3) is 0 Å². The minimum atomic E-state index is 0.491. The molecule has 0 aliphatic heterocycles. The van der Waals surface area contributed by atoms with E-state index in [9.17, 15) is 0 Å². The van der Waals surface area contributed by atoms with Crippen LogP contribution < -0.4 is 5.32 Å². The zero-order valence-electron chi connectivity index (χ0n) is 7.97. The molecule has 0 aromatic carbocycles. The molecule has 70 valence electrons. The van der Waals surface area contributed by atoms with Gasteiger partial charge in [-0.2, -0.15) is 0 Å². The molecule has 0 amide bonds. The fourth-order valence-electron chi connectivity index (χ4n) is 1.92. The van der Waals surface area contributed by atoms with Crippen molar-refractivity contribution in [2.45, 2.75) is 57.5 Å². The summed E-state index contributed by atoms with van der Waals surface area (Å²) in [5.41, 5.74) is 0. The largest absolute Gasteiger partial charge is 0.313 e. The molecule has 1 atom stereocenters. The molecule has 0 unspecified atom stereocenters. The monoisotopic (exact) mass is 168 g/mol. The molecule has 0 spiro atoms. The Balaban J connectivity index is 2.15. The maximum Gasteiger partial charge on any atom is 0.00905 e. The first-order valence-corrected chi connectivity index (χ1v) is 5.08. The zero-order chi connectivity index (χ0) is 8.81. The van der Waals surface area contributed by atoms with Gasteiger partial charge in [0.15, 0.2) is 0 Å². The van der Waals surface area contributed by atoms with Crippen LogP contribution in [-0.4, -0.2) is 18.3 Å². The highest BCUT2D eigenvalue weighted by Crippen LogP contribution is 2.17. The van der Waals surface area contributed by atoms with Crippen molar-refractivity contribution in [3.8, 4) is 0 Å². The van der Waals surface area contributed by atoms with Gasteiger partial charge in [-0.25, -0.2) is 0 Å². The third kappa shape index (κ3) is 3.35. The summed E-state index contributed by atoms with van der Waals surface area (Å²) in [5, 5.41) is 10.6. The SMILES string of the molecule is C[C@H](CC=N)NC1CCCCC1. The van der Waals surface area contributed by atoms with Crippen LogP contribution in [0.2, 0.25) is 0 Å². The van der Waals surface area contributed by atoms with Gasteiger partial charge >= 0.3 is 0 Å². The van der Waals surface area contributed by atoms with E-state index in [1.807, 2.05) is 0 Å². The molecule has 1 fully saturated rings. The first kappa shape index (κ1) is 9.72. The van der Waals surface area contributed by atoms with Crippen LogP contribution >= 0.6 is 0 Å². The predicted molar refractivity (Wildman–Crippen MR) is 52.9 cm³/mol. The molecule has 1 aliphatic rings. The van der Waals surface area contributed by atoms with Crippen molar-refractivity contribution in [2.24, 2.45) is 0 Å². The lowest BCUT2D eigenvalue weighted by Crippen LogP contribution is -2.37. The standard InChI is InChI=1S/C10H20N2/c1-9(7-8-11)12-10-5-3-2-4-6-10/h8-12H,2-7H2,1H3/t9-/m1/s1. The van der Waals surface area contributed by atoms with E-state index < -0.39 is 0 Å². The highest BCUT2D eigenvalue weighted by atomic mass is 14.9. The molecule has 0 heterocycles. The quantitative estimate of drug-likeness (QED) is 0.621. The highest BCUT2D eigenvalue weighted by Gasteiger charge is 2.14. The Bertz CT molecular complexity index is 128. The maximum absolute atomic E-state index is 6.99. The molecule has 0 aromatic rings. The van der Waals surface area contributed by atoms with E-state index in [-0.39, 0.29) is 0 Å². The van der Waals surface area contributed by atoms with E-state index in [4.69, 9.17) is 5.41 Å². The molecular formula is C10H20N2. The molecule has 0 saturated heterocycles. The van der Waals surface area contributed by atoms with Crippen molar-refractivity contribution in [1.82, 2.24) is 5.32 Å². The number of hydrogen-bond acceptors (Lipinski definition) is 2. The molecule has 0 bridgehead atoms. The van der Waals surface area contributed by atoms with Gasteiger partial charge in [-0.15, -0.1) is 0 Å². The van der Waals surface area contributed by atoms with Crippen molar-refractivity contribution in [2.75, 3.05) is 0 Å². The van der Waals surface area contributed by atoms with Crippen LogP contribution in [0.4, 0.5) is 0 Å². The fourth-order valence-corrected chi connectivity index (χ4v) is 1.92. The Kier molecular flexibility index (Phi) is 4.30. The van der Waals surface area contributed by atoms with E-state index in [1.165, 1.54) is 38.3 Å². The summed E-state index contributed by atoms with van der Waals surface area (Å²) in [5.74, 6) is 0. The van der Waals surface area contributed by atoms with Crippen LogP contribution in [0.25, 0.3) is 0 Å². The van der Waals surface area contributed by atoms with Crippen LogP contribution in [0.1, 0.15) is 45.4 Å². The third-order valence-corrected chi connectivity index (χ3v) is 2.60. The fraction of sp³-hybridized carbons (Fsp3) is 0.900. The molecule has 2 heteroatoms. The first-order valence-electron chi connectivity index (χ1n) is 5.08. The first-order chi connectivity index (χ1) is 5.83. The van der Waals surface area contributed by atoms with Crippen LogP contribution in [0.5, 0.6) is 0 Å². The highest BCUT2D eigenvalue weighted by molar-refractivity contribution is 5.53. The van der Waals surface area contributed by atoms with Crippen molar-refractivity contribution in [1.29, 1.82) is 5.41 Å². The van der Waals surface area contributed by atoms with E-state index in [2.05, 4.69) is 12.2 Å². The Labute approximate surface area is 75.3 Å². The lowest BCUT2D eigenvalue weighted by molar-refractivity contribution is 0.347. The van der Waals surface area contributed by atoms with E-state index >= 15 is 0 Å². The minimum absolute atomic E-state index is 0.491. The van der Waals surface area contributed by atoms with Crippen molar-refractivity contribution >= 4 is 6.21 Å². The van der Waals surface area contributed by atoms with Gasteiger partial charge < -0.3 is 10.7 Å². The van der Waals surface area contributed by atoms with Crippen LogP contribution in [0.15, 0.2) is 0 Å². The predicted octanol–water partition coefficient (Wildman–Crippen LogP) is 2.34. The lowest BCUT2D eigenvalue weighted by atomic mass is 9.95. The summed E-state index contributed by atoms with van der Waals surface area (Å²) >= 11 is 0. The molecule has 12 heavy (non-hydrogen) atoms. The summed E-state index contributed by atoms with van der Waals surface area (Å²) < 4.78 is 0. The van der Waals surface area contributed by atoms with Crippen LogP contribution in [-0.2, 0) is 0 Å². The normalized spacial score (nSPS) is 22.1. The van der Waals surface area contributed by atoms with Gasteiger partial charge in [-0.3, -0.25) is 0 Å². The number of rotatable bonds is 4. The average molecular weight is 168 g/mol. The van der Waals surface area contributed by atoms with Gasteiger partial charge in [0.1, 0.15) is 0 Å². The molecule has 1 rings (SSSR count). The second-order valence-electron chi connectivity index (χ2n) is 3.84. The topological polar surface area (TPSA) is 35.9 Å². The maximum atomic E-state index is 6.99. The minimum Gasteiger partial charge on any atom is -0.313 e.